The van der Waals surface area contributed by atoms with Crippen molar-refractivity contribution in [1.82, 2.24) is 24.8 Å². The van der Waals surface area contributed by atoms with Gasteiger partial charge in [-0.1, -0.05) is 5.16 Å². The Hall–Kier alpha value is -1.73. The van der Waals surface area contributed by atoms with Crippen LogP contribution in [-0.2, 0) is 24.8 Å². The molecule has 0 amide bonds. The minimum absolute atomic E-state index is 0.525. The summed E-state index contributed by atoms with van der Waals surface area (Å²) >= 11 is 0. The number of aryl methyl sites for hydroxylation is 1. The van der Waals surface area contributed by atoms with Gasteiger partial charge in [0.1, 0.15) is 0 Å². The first-order chi connectivity index (χ1) is 10.8. The third kappa shape index (κ3) is 3.53. The fourth-order valence-electron chi connectivity index (χ4n) is 3.07. The van der Waals surface area contributed by atoms with E-state index in [0.717, 1.165) is 18.9 Å². The summed E-state index contributed by atoms with van der Waals surface area (Å²) in [5.74, 6) is 1.94. The van der Waals surface area contributed by atoms with E-state index in [4.69, 9.17) is 9.26 Å². The van der Waals surface area contributed by atoms with Crippen molar-refractivity contribution in [2.45, 2.75) is 31.7 Å². The molecule has 1 unspecified atom stereocenters. The molecule has 1 fully saturated rings. The topological polar surface area (TPSA) is 69.2 Å². The molecule has 0 bridgehead atoms. The number of hydrogen-bond donors (Lipinski definition) is 0. The van der Waals surface area contributed by atoms with Gasteiger partial charge in [-0.3, -0.25) is 9.58 Å². The Bertz CT molecular complexity index is 594. The molecule has 120 valence electrons. The normalized spacial score (nSPS) is 19.6. The summed E-state index contributed by atoms with van der Waals surface area (Å²) in [4.78, 5) is 6.81. The number of ether oxygens (including phenoxy) is 1. The van der Waals surface area contributed by atoms with Crippen LogP contribution >= 0.6 is 0 Å². The van der Waals surface area contributed by atoms with Crippen LogP contribution in [0.1, 0.15) is 36.2 Å². The van der Waals surface area contributed by atoms with Gasteiger partial charge in [-0.2, -0.15) is 10.1 Å². The molecule has 1 aliphatic heterocycles. The van der Waals surface area contributed by atoms with Crippen molar-refractivity contribution in [3.05, 3.63) is 29.7 Å². The molecule has 1 atom stereocenters. The maximum absolute atomic E-state index is 5.34. The Morgan fingerprint density at radius 2 is 2.36 bits per heavy atom. The largest absolute Gasteiger partial charge is 0.384 e. The van der Waals surface area contributed by atoms with E-state index in [9.17, 15) is 0 Å². The molecule has 0 spiro atoms. The van der Waals surface area contributed by atoms with Crippen LogP contribution in [0.15, 0.2) is 16.8 Å². The van der Waals surface area contributed by atoms with Gasteiger partial charge in [0.15, 0.2) is 5.82 Å². The molecule has 22 heavy (non-hydrogen) atoms. The van der Waals surface area contributed by atoms with Gasteiger partial charge in [0.05, 0.1) is 13.2 Å². The molecule has 0 N–H and O–H groups in total. The first-order valence-corrected chi connectivity index (χ1v) is 7.77. The SMILES string of the molecule is COCCc1noc(CN2CCCC(c3ccnn3C)C2)n1. The molecule has 3 heterocycles. The van der Waals surface area contributed by atoms with E-state index in [-0.39, 0.29) is 0 Å². The maximum atomic E-state index is 5.34. The van der Waals surface area contributed by atoms with Crippen molar-refractivity contribution in [1.29, 1.82) is 0 Å². The Balaban J connectivity index is 1.58. The lowest BCUT2D eigenvalue weighted by Gasteiger charge is -2.31. The molecular formula is C15H23N5O2. The molecule has 3 rings (SSSR count). The zero-order valence-corrected chi connectivity index (χ0v) is 13.2. The van der Waals surface area contributed by atoms with Crippen LogP contribution in [0.5, 0.6) is 0 Å². The molecule has 1 saturated heterocycles. The molecule has 0 aliphatic carbocycles. The lowest BCUT2D eigenvalue weighted by Crippen LogP contribution is -2.34. The van der Waals surface area contributed by atoms with Gasteiger partial charge in [0.25, 0.3) is 0 Å². The summed E-state index contributed by atoms with van der Waals surface area (Å²) in [5.41, 5.74) is 1.30. The summed E-state index contributed by atoms with van der Waals surface area (Å²) < 4.78 is 12.3. The van der Waals surface area contributed by atoms with Crippen LogP contribution in [0, 0.1) is 0 Å². The maximum Gasteiger partial charge on any atom is 0.240 e. The fraction of sp³-hybridized carbons (Fsp3) is 0.667. The Kier molecular flexibility index (Phi) is 4.84. The van der Waals surface area contributed by atoms with E-state index >= 15 is 0 Å². The van der Waals surface area contributed by atoms with Crippen LogP contribution in [0.3, 0.4) is 0 Å². The standard InChI is InChI=1S/C15H23N5O2/c1-19-13(5-7-16-19)12-4-3-8-20(10-12)11-15-17-14(18-22-15)6-9-21-2/h5,7,12H,3-4,6,8-11H2,1-2H3. The fourth-order valence-corrected chi connectivity index (χ4v) is 3.07. The molecule has 0 saturated carbocycles. The number of nitrogens with zero attached hydrogens (tertiary/aromatic N) is 5. The van der Waals surface area contributed by atoms with Gasteiger partial charge in [-0.25, -0.2) is 0 Å². The van der Waals surface area contributed by atoms with E-state index in [1.165, 1.54) is 18.5 Å². The number of rotatable bonds is 6. The highest BCUT2D eigenvalue weighted by Gasteiger charge is 2.24. The predicted octanol–water partition coefficient (Wildman–Crippen LogP) is 1.37. The van der Waals surface area contributed by atoms with Crippen molar-refractivity contribution >= 4 is 0 Å². The molecule has 7 heteroatoms. The molecule has 2 aromatic heterocycles. The van der Waals surface area contributed by atoms with Gasteiger partial charge in [0.2, 0.25) is 5.89 Å². The summed E-state index contributed by atoms with van der Waals surface area (Å²) in [5, 5.41) is 8.27. The van der Waals surface area contributed by atoms with Gasteiger partial charge in [-0.05, 0) is 25.5 Å². The van der Waals surface area contributed by atoms with Crippen LogP contribution in [0.2, 0.25) is 0 Å². The number of piperidine rings is 1. The van der Waals surface area contributed by atoms with E-state index in [0.29, 0.717) is 31.4 Å². The second-order valence-electron chi connectivity index (χ2n) is 5.80. The quantitative estimate of drug-likeness (QED) is 0.803. The predicted molar refractivity (Wildman–Crippen MR) is 80.3 cm³/mol. The Labute approximate surface area is 130 Å². The van der Waals surface area contributed by atoms with E-state index in [1.54, 1.807) is 7.11 Å². The highest BCUT2D eigenvalue weighted by Crippen LogP contribution is 2.27. The van der Waals surface area contributed by atoms with Crippen LogP contribution < -0.4 is 0 Å². The average Bonchev–Trinajstić information content (AvgIpc) is 3.14. The van der Waals surface area contributed by atoms with Crippen LogP contribution in [0.4, 0.5) is 0 Å². The number of likely N-dealkylation sites (tertiary alicyclic amines) is 1. The van der Waals surface area contributed by atoms with Crippen molar-refractivity contribution in [3.63, 3.8) is 0 Å². The van der Waals surface area contributed by atoms with Crippen molar-refractivity contribution in [2.75, 3.05) is 26.8 Å². The highest BCUT2D eigenvalue weighted by atomic mass is 16.5. The molecule has 2 aromatic rings. The Morgan fingerprint density at radius 1 is 1.45 bits per heavy atom. The Morgan fingerprint density at radius 3 is 3.14 bits per heavy atom. The first kappa shape index (κ1) is 15.2. The summed E-state index contributed by atoms with van der Waals surface area (Å²) in [7, 11) is 3.68. The van der Waals surface area contributed by atoms with Crippen molar-refractivity contribution in [3.8, 4) is 0 Å². The number of hydrogen-bond acceptors (Lipinski definition) is 6. The third-order valence-electron chi connectivity index (χ3n) is 4.18. The van der Waals surface area contributed by atoms with Crippen molar-refractivity contribution in [2.24, 2.45) is 7.05 Å². The lowest BCUT2D eigenvalue weighted by atomic mass is 9.95. The summed E-state index contributed by atoms with van der Waals surface area (Å²) in [6.45, 7) is 3.42. The number of methoxy groups -OCH3 is 1. The molecular weight excluding hydrogens is 282 g/mol. The minimum Gasteiger partial charge on any atom is -0.384 e. The summed E-state index contributed by atoms with van der Waals surface area (Å²) in [6.07, 6.45) is 4.95. The van der Waals surface area contributed by atoms with Gasteiger partial charge >= 0.3 is 0 Å². The minimum atomic E-state index is 0.525. The smallest absolute Gasteiger partial charge is 0.240 e. The monoisotopic (exact) mass is 305 g/mol. The van der Waals surface area contributed by atoms with Gasteiger partial charge in [0, 0.05) is 44.9 Å². The van der Waals surface area contributed by atoms with E-state index in [2.05, 4.69) is 26.2 Å². The average molecular weight is 305 g/mol. The van der Waals surface area contributed by atoms with Crippen LogP contribution in [0.25, 0.3) is 0 Å². The summed E-state index contributed by atoms with van der Waals surface area (Å²) in [6, 6.07) is 2.11. The van der Waals surface area contributed by atoms with Crippen LogP contribution in [-0.4, -0.2) is 51.6 Å². The van der Waals surface area contributed by atoms with Gasteiger partial charge < -0.3 is 9.26 Å². The van der Waals surface area contributed by atoms with E-state index in [1.807, 2.05) is 17.9 Å². The zero-order chi connectivity index (χ0) is 15.4. The molecule has 1 aliphatic rings. The molecule has 0 radical (unpaired) electrons. The number of aromatic nitrogens is 4. The second-order valence-corrected chi connectivity index (χ2v) is 5.80. The molecule has 0 aromatic carbocycles. The molecule has 7 nitrogen and oxygen atoms in total. The zero-order valence-electron chi connectivity index (χ0n) is 13.2. The van der Waals surface area contributed by atoms with E-state index < -0.39 is 0 Å². The third-order valence-corrected chi connectivity index (χ3v) is 4.18. The van der Waals surface area contributed by atoms with Gasteiger partial charge in [-0.15, -0.1) is 0 Å². The lowest BCUT2D eigenvalue weighted by molar-refractivity contribution is 0.174. The second kappa shape index (κ2) is 7.02. The highest BCUT2D eigenvalue weighted by molar-refractivity contribution is 5.09. The first-order valence-electron chi connectivity index (χ1n) is 7.77. The van der Waals surface area contributed by atoms with Crippen molar-refractivity contribution < 1.29 is 9.26 Å².